The summed E-state index contributed by atoms with van der Waals surface area (Å²) in [4.78, 5) is 7.65. The standard InChI is InChI=1S/C8H14N2/c1-7(2)8(3)10-6-5-9-4/h5-7H,4H2,1-3H3/b6-5-,10-8+. The Balaban J connectivity index is 3.91. The van der Waals surface area contributed by atoms with Crippen molar-refractivity contribution in [3.63, 3.8) is 0 Å². The fourth-order valence-corrected chi connectivity index (χ4v) is 0.347. The Bertz CT molecular complexity index is 155. The van der Waals surface area contributed by atoms with Crippen LogP contribution < -0.4 is 0 Å². The van der Waals surface area contributed by atoms with Gasteiger partial charge in [-0.1, -0.05) is 13.8 Å². The molecular weight excluding hydrogens is 124 g/mol. The normalized spacial score (nSPS) is 13.0. The Morgan fingerprint density at radius 1 is 1.40 bits per heavy atom. The summed E-state index contributed by atoms with van der Waals surface area (Å²) in [6.45, 7) is 9.50. The van der Waals surface area contributed by atoms with Gasteiger partial charge in [0.1, 0.15) is 0 Å². The van der Waals surface area contributed by atoms with E-state index in [1.807, 2.05) is 6.92 Å². The lowest BCUT2D eigenvalue weighted by molar-refractivity contribution is 0.878. The molecule has 0 rings (SSSR count). The molecule has 0 atom stereocenters. The van der Waals surface area contributed by atoms with Crippen molar-refractivity contribution in [2.45, 2.75) is 20.8 Å². The van der Waals surface area contributed by atoms with Crippen LogP contribution in [0.15, 0.2) is 22.4 Å². The predicted octanol–water partition coefficient (Wildman–Crippen LogP) is 2.28. The van der Waals surface area contributed by atoms with Gasteiger partial charge >= 0.3 is 0 Å². The summed E-state index contributed by atoms with van der Waals surface area (Å²) < 4.78 is 0. The van der Waals surface area contributed by atoms with Crippen molar-refractivity contribution in [1.82, 2.24) is 0 Å². The zero-order valence-electron chi connectivity index (χ0n) is 6.83. The summed E-state index contributed by atoms with van der Waals surface area (Å²) >= 11 is 0. The second kappa shape index (κ2) is 4.91. The second-order valence-electron chi connectivity index (χ2n) is 2.41. The van der Waals surface area contributed by atoms with E-state index in [9.17, 15) is 0 Å². The van der Waals surface area contributed by atoms with Crippen LogP contribution in [0.5, 0.6) is 0 Å². The van der Waals surface area contributed by atoms with E-state index in [0.29, 0.717) is 5.92 Å². The largest absolute Gasteiger partial charge is 0.271 e. The van der Waals surface area contributed by atoms with Gasteiger partial charge < -0.3 is 0 Å². The minimum Gasteiger partial charge on any atom is -0.271 e. The van der Waals surface area contributed by atoms with Crippen molar-refractivity contribution >= 4 is 12.4 Å². The van der Waals surface area contributed by atoms with E-state index in [1.165, 1.54) is 0 Å². The van der Waals surface area contributed by atoms with Crippen molar-refractivity contribution < 1.29 is 0 Å². The summed E-state index contributed by atoms with van der Waals surface area (Å²) in [5.41, 5.74) is 1.11. The molecule has 0 aromatic rings. The molecule has 0 radical (unpaired) electrons. The topological polar surface area (TPSA) is 24.7 Å². The van der Waals surface area contributed by atoms with Crippen molar-refractivity contribution in [2.75, 3.05) is 0 Å². The van der Waals surface area contributed by atoms with E-state index in [4.69, 9.17) is 0 Å². The van der Waals surface area contributed by atoms with Gasteiger partial charge in [0.25, 0.3) is 0 Å². The lowest BCUT2D eigenvalue weighted by Gasteiger charge is -1.99. The van der Waals surface area contributed by atoms with Crippen LogP contribution in [0.1, 0.15) is 20.8 Å². The van der Waals surface area contributed by atoms with E-state index in [0.717, 1.165) is 5.71 Å². The zero-order chi connectivity index (χ0) is 7.98. The third-order valence-electron chi connectivity index (χ3n) is 1.29. The first-order valence-corrected chi connectivity index (χ1v) is 3.33. The summed E-state index contributed by atoms with van der Waals surface area (Å²) in [5, 5.41) is 0. The summed E-state index contributed by atoms with van der Waals surface area (Å²) in [5.74, 6) is 0.509. The molecule has 0 saturated carbocycles. The molecule has 0 aromatic carbocycles. The molecule has 0 fully saturated rings. The fraction of sp³-hybridized carbons (Fsp3) is 0.500. The molecule has 2 heteroatoms. The summed E-state index contributed by atoms with van der Waals surface area (Å²) in [6, 6.07) is 0. The van der Waals surface area contributed by atoms with E-state index in [1.54, 1.807) is 12.4 Å². The Labute approximate surface area is 62.4 Å². The predicted molar refractivity (Wildman–Crippen MR) is 46.6 cm³/mol. The second-order valence-corrected chi connectivity index (χ2v) is 2.41. The Morgan fingerprint density at radius 2 is 2.00 bits per heavy atom. The van der Waals surface area contributed by atoms with Crippen LogP contribution in [0.3, 0.4) is 0 Å². The molecule has 10 heavy (non-hydrogen) atoms. The van der Waals surface area contributed by atoms with Gasteiger partial charge in [-0.15, -0.1) is 0 Å². The van der Waals surface area contributed by atoms with Gasteiger partial charge in [0.05, 0.1) is 0 Å². The molecule has 0 aromatic heterocycles. The molecule has 0 aliphatic carbocycles. The highest BCUT2D eigenvalue weighted by atomic mass is 14.7. The highest BCUT2D eigenvalue weighted by molar-refractivity contribution is 5.84. The van der Waals surface area contributed by atoms with Gasteiger partial charge in [-0.25, -0.2) is 0 Å². The molecule has 0 saturated heterocycles. The minimum atomic E-state index is 0.509. The summed E-state index contributed by atoms with van der Waals surface area (Å²) in [6.07, 6.45) is 3.23. The van der Waals surface area contributed by atoms with Crippen molar-refractivity contribution in [2.24, 2.45) is 15.9 Å². The van der Waals surface area contributed by atoms with Crippen molar-refractivity contribution in [3.8, 4) is 0 Å². The Morgan fingerprint density at radius 3 is 2.40 bits per heavy atom. The summed E-state index contributed by atoms with van der Waals surface area (Å²) in [7, 11) is 0. The van der Waals surface area contributed by atoms with Crippen LogP contribution in [0.2, 0.25) is 0 Å². The molecular formula is C8H14N2. The quantitative estimate of drug-likeness (QED) is 0.534. The number of hydrogen-bond donors (Lipinski definition) is 0. The molecule has 0 aliphatic heterocycles. The SMILES string of the molecule is C=N/C=C\N=C(/C)C(C)C. The van der Waals surface area contributed by atoms with Gasteiger partial charge in [-0.2, -0.15) is 0 Å². The molecule has 0 bridgehead atoms. The average Bonchev–Trinajstić information content (AvgIpc) is 1.88. The lowest BCUT2D eigenvalue weighted by Crippen LogP contribution is -1.99. The monoisotopic (exact) mass is 138 g/mol. The molecule has 0 unspecified atom stereocenters. The average molecular weight is 138 g/mol. The lowest BCUT2D eigenvalue weighted by atomic mass is 10.1. The van der Waals surface area contributed by atoms with Gasteiger partial charge in [0, 0.05) is 18.1 Å². The third-order valence-corrected chi connectivity index (χ3v) is 1.29. The van der Waals surface area contributed by atoms with E-state index >= 15 is 0 Å². The van der Waals surface area contributed by atoms with Gasteiger partial charge in [-0.3, -0.25) is 9.98 Å². The number of rotatable bonds is 3. The number of nitrogens with zero attached hydrogens (tertiary/aromatic N) is 2. The maximum Gasteiger partial charge on any atom is 0.0450 e. The van der Waals surface area contributed by atoms with Crippen LogP contribution in [0.25, 0.3) is 0 Å². The fourth-order valence-electron chi connectivity index (χ4n) is 0.347. The zero-order valence-corrected chi connectivity index (χ0v) is 6.83. The number of hydrogen-bond acceptors (Lipinski definition) is 2. The molecule has 2 nitrogen and oxygen atoms in total. The van der Waals surface area contributed by atoms with Gasteiger partial charge in [0.2, 0.25) is 0 Å². The van der Waals surface area contributed by atoms with Gasteiger partial charge in [-0.05, 0) is 19.6 Å². The van der Waals surface area contributed by atoms with E-state index in [2.05, 4.69) is 30.5 Å². The van der Waals surface area contributed by atoms with Crippen LogP contribution in [0, 0.1) is 5.92 Å². The third kappa shape index (κ3) is 4.01. The minimum absolute atomic E-state index is 0.509. The number of aliphatic imine (C=N–C) groups is 2. The highest BCUT2D eigenvalue weighted by Gasteiger charge is 1.93. The van der Waals surface area contributed by atoms with Crippen molar-refractivity contribution in [1.29, 1.82) is 0 Å². The van der Waals surface area contributed by atoms with Crippen LogP contribution in [-0.4, -0.2) is 12.4 Å². The molecule has 56 valence electrons. The van der Waals surface area contributed by atoms with Crippen LogP contribution >= 0.6 is 0 Å². The maximum atomic E-state index is 4.12. The maximum absolute atomic E-state index is 4.12. The molecule has 0 N–H and O–H groups in total. The molecule has 0 aliphatic rings. The van der Waals surface area contributed by atoms with Crippen LogP contribution in [0.4, 0.5) is 0 Å². The Kier molecular flexibility index (Phi) is 4.46. The van der Waals surface area contributed by atoms with Crippen molar-refractivity contribution in [3.05, 3.63) is 12.4 Å². The Hall–Kier alpha value is -0.920. The van der Waals surface area contributed by atoms with E-state index in [-0.39, 0.29) is 0 Å². The smallest absolute Gasteiger partial charge is 0.0450 e. The molecule has 0 amide bonds. The van der Waals surface area contributed by atoms with Gasteiger partial charge in [0.15, 0.2) is 0 Å². The molecule has 0 spiro atoms. The molecule has 0 heterocycles. The van der Waals surface area contributed by atoms with Crippen LogP contribution in [-0.2, 0) is 0 Å². The highest BCUT2D eigenvalue weighted by Crippen LogP contribution is 1.95. The first-order chi connectivity index (χ1) is 4.68. The first kappa shape index (κ1) is 9.08. The first-order valence-electron chi connectivity index (χ1n) is 3.33. The van der Waals surface area contributed by atoms with E-state index < -0.39 is 0 Å².